The van der Waals surface area contributed by atoms with Gasteiger partial charge in [0, 0.05) is 25.3 Å². The van der Waals surface area contributed by atoms with Gasteiger partial charge >= 0.3 is 0 Å². The van der Waals surface area contributed by atoms with Gasteiger partial charge in [0.05, 0.1) is 0 Å². The average Bonchev–Trinajstić information content (AvgIpc) is 2.46. The molecule has 2 unspecified atom stereocenters. The monoisotopic (exact) mass is 275 g/mol. The second kappa shape index (κ2) is 7.80. The number of nitrogens with one attached hydrogen (secondary N) is 1. The Kier molecular flexibility index (Phi) is 6.06. The van der Waals surface area contributed by atoms with Gasteiger partial charge in [-0.15, -0.1) is 0 Å². The van der Waals surface area contributed by atoms with Crippen molar-refractivity contribution in [1.29, 1.82) is 0 Å². The third-order valence-electron chi connectivity index (χ3n) is 4.47. The van der Waals surface area contributed by atoms with Crippen molar-refractivity contribution in [3.05, 3.63) is 35.4 Å². The molecule has 2 heteroatoms. The van der Waals surface area contributed by atoms with Crippen LogP contribution in [0.3, 0.4) is 0 Å². The van der Waals surface area contributed by atoms with Gasteiger partial charge in [0.15, 0.2) is 0 Å². The molecule has 1 fully saturated rings. The van der Waals surface area contributed by atoms with Crippen LogP contribution in [0, 0.1) is 12.8 Å². The van der Waals surface area contributed by atoms with Gasteiger partial charge in [0.25, 0.3) is 0 Å². The Morgan fingerprint density at radius 3 is 2.70 bits per heavy atom. The van der Waals surface area contributed by atoms with E-state index in [-0.39, 0.29) is 0 Å². The van der Waals surface area contributed by atoms with Gasteiger partial charge in [-0.25, -0.2) is 0 Å². The van der Waals surface area contributed by atoms with Crippen molar-refractivity contribution < 1.29 is 4.74 Å². The van der Waals surface area contributed by atoms with Crippen LogP contribution in [0.5, 0.6) is 0 Å². The van der Waals surface area contributed by atoms with E-state index in [1.165, 1.54) is 30.4 Å². The van der Waals surface area contributed by atoms with E-state index in [1.807, 2.05) is 0 Å². The first kappa shape index (κ1) is 15.5. The van der Waals surface area contributed by atoms with Crippen LogP contribution in [-0.2, 0) is 11.2 Å². The second-order valence-corrected chi connectivity index (χ2v) is 6.33. The summed E-state index contributed by atoms with van der Waals surface area (Å²) in [6.07, 6.45) is 4.78. The van der Waals surface area contributed by atoms with E-state index in [2.05, 4.69) is 50.4 Å². The Balaban J connectivity index is 1.73. The van der Waals surface area contributed by atoms with Crippen LogP contribution in [0.1, 0.15) is 44.2 Å². The normalized spacial score (nSPS) is 19.8. The summed E-state index contributed by atoms with van der Waals surface area (Å²) in [7, 11) is 0. The van der Waals surface area contributed by atoms with E-state index in [0.717, 1.165) is 25.6 Å². The van der Waals surface area contributed by atoms with Gasteiger partial charge in [0.1, 0.15) is 0 Å². The fourth-order valence-electron chi connectivity index (χ4n) is 3.13. The maximum atomic E-state index is 5.44. The molecular weight excluding hydrogens is 246 g/mol. The highest BCUT2D eigenvalue weighted by Crippen LogP contribution is 2.19. The molecule has 0 aliphatic carbocycles. The van der Waals surface area contributed by atoms with Crippen LogP contribution in [0.2, 0.25) is 0 Å². The van der Waals surface area contributed by atoms with E-state index in [1.54, 1.807) is 0 Å². The van der Waals surface area contributed by atoms with Gasteiger partial charge in [-0.3, -0.25) is 0 Å². The van der Waals surface area contributed by atoms with Crippen LogP contribution < -0.4 is 5.32 Å². The quantitative estimate of drug-likeness (QED) is 0.854. The maximum absolute atomic E-state index is 5.44. The molecule has 2 nitrogen and oxygen atoms in total. The van der Waals surface area contributed by atoms with E-state index in [0.29, 0.717) is 12.1 Å². The zero-order chi connectivity index (χ0) is 14.4. The molecule has 0 amide bonds. The van der Waals surface area contributed by atoms with Crippen molar-refractivity contribution in [3.8, 4) is 0 Å². The highest BCUT2D eigenvalue weighted by molar-refractivity contribution is 5.22. The summed E-state index contributed by atoms with van der Waals surface area (Å²) in [6, 6.07) is 10.0. The van der Waals surface area contributed by atoms with Gasteiger partial charge in [-0.2, -0.15) is 0 Å². The molecule has 0 spiro atoms. The molecule has 2 atom stereocenters. The molecule has 1 N–H and O–H groups in total. The third-order valence-corrected chi connectivity index (χ3v) is 4.47. The lowest BCUT2D eigenvalue weighted by Gasteiger charge is -2.30. The molecule has 0 radical (unpaired) electrons. The topological polar surface area (TPSA) is 21.3 Å². The predicted molar refractivity (Wildman–Crippen MR) is 85.1 cm³/mol. The largest absolute Gasteiger partial charge is 0.381 e. The van der Waals surface area contributed by atoms with Crippen molar-refractivity contribution in [1.82, 2.24) is 5.32 Å². The molecule has 1 aromatic rings. The SMILES string of the molecule is Cc1cccc(CCC(C)NC(C)C2CCOCC2)c1. The Morgan fingerprint density at radius 2 is 2.00 bits per heavy atom. The Hall–Kier alpha value is -0.860. The molecule has 0 aromatic heterocycles. The van der Waals surface area contributed by atoms with Gasteiger partial charge < -0.3 is 10.1 Å². The molecule has 0 saturated carbocycles. The summed E-state index contributed by atoms with van der Waals surface area (Å²) < 4.78 is 5.44. The summed E-state index contributed by atoms with van der Waals surface area (Å²) in [4.78, 5) is 0. The van der Waals surface area contributed by atoms with Gasteiger partial charge in [-0.05, 0) is 57.9 Å². The number of hydrogen-bond acceptors (Lipinski definition) is 2. The maximum Gasteiger partial charge on any atom is 0.0469 e. The first-order valence-corrected chi connectivity index (χ1v) is 8.04. The zero-order valence-corrected chi connectivity index (χ0v) is 13.2. The Bertz CT molecular complexity index is 398. The van der Waals surface area contributed by atoms with E-state index < -0.39 is 0 Å². The summed E-state index contributed by atoms with van der Waals surface area (Å²) >= 11 is 0. The molecule has 1 aliphatic heterocycles. The molecule has 20 heavy (non-hydrogen) atoms. The summed E-state index contributed by atoms with van der Waals surface area (Å²) in [5.41, 5.74) is 2.82. The average molecular weight is 275 g/mol. The smallest absolute Gasteiger partial charge is 0.0469 e. The van der Waals surface area contributed by atoms with Crippen LogP contribution in [-0.4, -0.2) is 25.3 Å². The molecule has 1 aliphatic rings. The molecule has 1 heterocycles. The van der Waals surface area contributed by atoms with Crippen LogP contribution >= 0.6 is 0 Å². The fourth-order valence-corrected chi connectivity index (χ4v) is 3.13. The molecule has 1 saturated heterocycles. The van der Waals surface area contributed by atoms with Crippen molar-refractivity contribution >= 4 is 0 Å². The summed E-state index contributed by atoms with van der Waals surface area (Å²) in [6.45, 7) is 8.69. The van der Waals surface area contributed by atoms with Crippen LogP contribution in [0.4, 0.5) is 0 Å². The molecule has 2 rings (SSSR count). The standard InChI is InChI=1S/C18H29NO/c1-14-5-4-6-17(13-14)8-7-15(2)19-16(3)18-9-11-20-12-10-18/h4-6,13,15-16,18-19H,7-12H2,1-3H3. The van der Waals surface area contributed by atoms with Crippen molar-refractivity contribution in [2.75, 3.05) is 13.2 Å². The number of benzene rings is 1. The Morgan fingerprint density at radius 1 is 1.25 bits per heavy atom. The third kappa shape index (κ3) is 4.92. The Labute approximate surface area is 123 Å². The minimum atomic E-state index is 0.577. The van der Waals surface area contributed by atoms with Gasteiger partial charge in [-0.1, -0.05) is 29.8 Å². The lowest BCUT2D eigenvalue weighted by molar-refractivity contribution is 0.0545. The molecule has 112 valence electrons. The summed E-state index contributed by atoms with van der Waals surface area (Å²) in [5.74, 6) is 0.783. The van der Waals surface area contributed by atoms with E-state index >= 15 is 0 Å². The second-order valence-electron chi connectivity index (χ2n) is 6.33. The highest BCUT2D eigenvalue weighted by atomic mass is 16.5. The first-order chi connectivity index (χ1) is 9.65. The molecule has 1 aromatic carbocycles. The number of hydrogen-bond donors (Lipinski definition) is 1. The molecular formula is C18H29NO. The lowest BCUT2D eigenvalue weighted by atomic mass is 9.92. The number of ether oxygens (including phenoxy) is 1. The zero-order valence-electron chi connectivity index (χ0n) is 13.2. The summed E-state index contributed by atoms with van der Waals surface area (Å²) in [5, 5.41) is 3.78. The van der Waals surface area contributed by atoms with Crippen LogP contribution in [0.15, 0.2) is 24.3 Å². The predicted octanol–water partition coefficient (Wildman–Crippen LogP) is 3.72. The van der Waals surface area contributed by atoms with Crippen molar-refractivity contribution in [2.24, 2.45) is 5.92 Å². The minimum absolute atomic E-state index is 0.577. The van der Waals surface area contributed by atoms with Crippen molar-refractivity contribution in [3.63, 3.8) is 0 Å². The first-order valence-electron chi connectivity index (χ1n) is 8.04. The fraction of sp³-hybridized carbons (Fsp3) is 0.667. The van der Waals surface area contributed by atoms with E-state index in [9.17, 15) is 0 Å². The number of rotatable bonds is 6. The number of aryl methyl sites for hydroxylation is 2. The van der Waals surface area contributed by atoms with E-state index in [4.69, 9.17) is 4.74 Å². The van der Waals surface area contributed by atoms with Gasteiger partial charge in [0.2, 0.25) is 0 Å². The van der Waals surface area contributed by atoms with Crippen LogP contribution in [0.25, 0.3) is 0 Å². The van der Waals surface area contributed by atoms with Crippen molar-refractivity contribution in [2.45, 2.75) is 58.5 Å². The highest BCUT2D eigenvalue weighted by Gasteiger charge is 2.21. The lowest BCUT2D eigenvalue weighted by Crippen LogP contribution is -2.41. The molecule has 0 bridgehead atoms. The minimum Gasteiger partial charge on any atom is -0.381 e.